The average Bonchev–Trinajstić information content (AvgIpc) is 2.52. The summed E-state index contributed by atoms with van der Waals surface area (Å²) in [4.78, 5) is 0. The van der Waals surface area contributed by atoms with Crippen LogP contribution in [-0.2, 0) is 4.74 Å². The molecule has 3 heteroatoms. The molecule has 0 amide bonds. The predicted molar refractivity (Wildman–Crippen MR) is 82.9 cm³/mol. The molecule has 0 radical (unpaired) electrons. The highest BCUT2D eigenvalue weighted by Gasteiger charge is 2.21. The standard InChI is InChI=1S/C17H33NO2/c1-14(15-8-4-2-5-9-15)18-12-16(19)13-20-17-10-6-3-7-11-17/h14-19H,2-13H2,1H3/t14-,16?/m0/s1. The van der Waals surface area contributed by atoms with E-state index in [1.165, 1.54) is 64.2 Å². The molecule has 2 aliphatic carbocycles. The van der Waals surface area contributed by atoms with E-state index in [0.717, 1.165) is 5.92 Å². The van der Waals surface area contributed by atoms with Gasteiger partial charge in [0.05, 0.1) is 18.8 Å². The molecule has 20 heavy (non-hydrogen) atoms. The second kappa shape index (κ2) is 9.01. The van der Waals surface area contributed by atoms with E-state index in [1.807, 2.05) is 0 Å². The Hall–Kier alpha value is -0.120. The number of aliphatic hydroxyl groups is 1. The molecule has 2 fully saturated rings. The van der Waals surface area contributed by atoms with E-state index >= 15 is 0 Å². The smallest absolute Gasteiger partial charge is 0.0897 e. The van der Waals surface area contributed by atoms with Crippen LogP contribution in [0.2, 0.25) is 0 Å². The molecule has 0 aromatic heterocycles. The van der Waals surface area contributed by atoms with Gasteiger partial charge in [0.15, 0.2) is 0 Å². The quantitative estimate of drug-likeness (QED) is 0.753. The molecule has 0 heterocycles. The summed E-state index contributed by atoms with van der Waals surface area (Å²) < 4.78 is 5.83. The minimum atomic E-state index is -0.358. The van der Waals surface area contributed by atoms with Crippen molar-refractivity contribution in [2.75, 3.05) is 13.2 Å². The first-order chi connectivity index (χ1) is 9.75. The van der Waals surface area contributed by atoms with Gasteiger partial charge in [0, 0.05) is 12.6 Å². The van der Waals surface area contributed by atoms with Crippen LogP contribution in [-0.4, -0.2) is 36.5 Å². The summed E-state index contributed by atoms with van der Waals surface area (Å²) in [6.45, 7) is 3.43. The van der Waals surface area contributed by atoms with Crippen LogP contribution < -0.4 is 5.32 Å². The summed E-state index contributed by atoms with van der Waals surface area (Å²) >= 11 is 0. The SMILES string of the molecule is C[C@H](NCC(O)COC1CCCCC1)C1CCCCC1. The van der Waals surface area contributed by atoms with Crippen molar-refractivity contribution in [2.45, 2.75) is 89.4 Å². The highest BCUT2D eigenvalue weighted by Crippen LogP contribution is 2.26. The Kier molecular flexibility index (Phi) is 7.32. The number of hydrogen-bond acceptors (Lipinski definition) is 3. The fourth-order valence-corrected chi connectivity index (χ4v) is 3.66. The van der Waals surface area contributed by atoms with Gasteiger partial charge in [-0.1, -0.05) is 38.5 Å². The van der Waals surface area contributed by atoms with Crippen molar-refractivity contribution < 1.29 is 9.84 Å². The van der Waals surface area contributed by atoms with Crippen LogP contribution in [0.1, 0.15) is 71.1 Å². The maximum absolute atomic E-state index is 10.0. The molecule has 2 atom stereocenters. The third-order valence-corrected chi connectivity index (χ3v) is 5.11. The Balaban J connectivity index is 1.55. The second-order valence-corrected chi connectivity index (χ2v) is 6.84. The van der Waals surface area contributed by atoms with Crippen LogP contribution in [0.15, 0.2) is 0 Å². The zero-order valence-electron chi connectivity index (χ0n) is 13.2. The maximum Gasteiger partial charge on any atom is 0.0897 e. The van der Waals surface area contributed by atoms with Gasteiger partial charge in [-0.2, -0.15) is 0 Å². The Morgan fingerprint density at radius 1 is 1.00 bits per heavy atom. The predicted octanol–water partition coefficient (Wildman–Crippen LogP) is 3.26. The van der Waals surface area contributed by atoms with Crippen molar-refractivity contribution in [1.82, 2.24) is 5.32 Å². The van der Waals surface area contributed by atoms with Gasteiger partial charge in [-0.15, -0.1) is 0 Å². The van der Waals surface area contributed by atoms with E-state index in [2.05, 4.69) is 12.2 Å². The fraction of sp³-hybridized carbons (Fsp3) is 1.00. The Morgan fingerprint density at radius 3 is 2.25 bits per heavy atom. The van der Waals surface area contributed by atoms with E-state index in [-0.39, 0.29) is 6.10 Å². The van der Waals surface area contributed by atoms with Gasteiger partial charge < -0.3 is 15.2 Å². The summed E-state index contributed by atoms with van der Waals surface area (Å²) in [5, 5.41) is 13.5. The van der Waals surface area contributed by atoms with Crippen LogP contribution in [0.3, 0.4) is 0 Å². The Morgan fingerprint density at radius 2 is 1.60 bits per heavy atom. The van der Waals surface area contributed by atoms with Crippen molar-refractivity contribution >= 4 is 0 Å². The molecule has 2 aliphatic rings. The monoisotopic (exact) mass is 283 g/mol. The Labute approximate surface area is 124 Å². The van der Waals surface area contributed by atoms with Crippen LogP contribution >= 0.6 is 0 Å². The summed E-state index contributed by atoms with van der Waals surface area (Å²) in [6.07, 6.45) is 13.2. The van der Waals surface area contributed by atoms with Crippen molar-refractivity contribution in [3.8, 4) is 0 Å². The molecule has 0 aromatic carbocycles. The van der Waals surface area contributed by atoms with E-state index < -0.39 is 0 Å². The lowest BCUT2D eigenvalue weighted by Crippen LogP contribution is -2.41. The third-order valence-electron chi connectivity index (χ3n) is 5.11. The second-order valence-electron chi connectivity index (χ2n) is 6.84. The van der Waals surface area contributed by atoms with Crippen molar-refractivity contribution in [2.24, 2.45) is 5.92 Å². The molecule has 1 unspecified atom stereocenters. The average molecular weight is 283 g/mol. The molecular weight excluding hydrogens is 250 g/mol. The normalized spacial score (nSPS) is 25.5. The molecule has 3 nitrogen and oxygen atoms in total. The molecule has 0 aromatic rings. The van der Waals surface area contributed by atoms with Gasteiger partial charge in [0.25, 0.3) is 0 Å². The molecule has 0 aliphatic heterocycles. The number of nitrogens with one attached hydrogen (secondary N) is 1. The van der Waals surface area contributed by atoms with Crippen LogP contribution in [0.25, 0.3) is 0 Å². The highest BCUT2D eigenvalue weighted by molar-refractivity contribution is 4.77. The lowest BCUT2D eigenvalue weighted by Gasteiger charge is -2.29. The van der Waals surface area contributed by atoms with Crippen molar-refractivity contribution in [3.63, 3.8) is 0 Å². The van der Waals surface area contributed by atoms with Gasteiger partial charge in [0.2, 0.25) is 0 Å². The van der Waals surface area contributed by atoms with E-state index in [9.17, 15) is 5.11 Å². The minimum absolute atomic E-state index is 0.358. The van der Waals surface area contributed by atoms with E-state index in [0.29, 0.717) is 25.3 Å². The minimum Gasteiger partial charge on any atom is -0.389 e. The third kappa shape index (κ3) is 5.71. The topological polar surface area (TPSA) is 41.5 Å². The Bertz CT molecular complexity index is 247. The summed E-state index contributed by atoms with van der Waals surface area (Å²) in [5.74, 6) is 0.801. The summed E-state index contributed by atoms with van der Waals surface area (Å²) in [6, 6.07) is 0.527. The van der Waals surface area contributed by atoms with Crippen molar-refractivity contribution in [3.05, 3.63) is 0 Å². The zero-order chi connectivity index (χ0) is 14.2. The largest absolute Gasteiger partial charge is 0.389 e. The first kappa shape index (κ1) is 16.3. The van der Waals surface area contributed by atoms with Crippen molar-refractivity contribution in [1.29, 1.82) is 0 Å². The molecule has 2 N–H and O–H groups in total. The van der Waals surface area contributed by atoms with E-state index in [1.54, 1.807) is 0 Å². The van der Waals surface area contributed by atoms with Gasteiger partial charge in [-0.3, -0.25) is 0 Å². The van der Waals surface area contributed by atoms with Crippen LogP contribution in [0, 0.1) is 5.92 Å². The number of rotatable bonds is 7. The zero-order valence-corrected chi connectivity index (χ0v) is 13.2. The molecule has 2 rings (SSSR count). The molecule has 0 saturated heterocycles. The molecular formula is C17H33NO2. The molecule has 2 saturated carbocycles. The summed E-state index contributed by atoms with van der Waals surface area (Å²) in [7, 11) is 0. The number of hydrogen-bond donors (Lipinski definition) is 2. The maximum atomic E-state index is 10.0. The van der Waals surface area contributed by atoms with E-state index in [4.69, 9.17) is 4.74 Å². The van der Waals surface area contributed by atoms with Gasteiger partial charge >= 0.3 is 0 Å². The molecule has 0 bridgehead atoms. The fourth-order valence-electron chi connectivity index (χ4n) is 3.66. The lowest BCUT2D eigenvalue weighted by atomic mass is 9.84. The molecule has 118 valence electrons. The van der Waals surface area contributed by atoms with Gasteiger partial charge in [-0.25, -0.2) is 0 Å². The highest BCUT2D eigenvalue weighted by atomic mass is 16.5. The van der Waals surface area contributed by atoms with Gasteiger partial charge in [-0.05, 0) is 38.5 Å². The summed E-state index contributed by atoms with van der Waals surface area (Å²) in [5.41, 5.74) is 0. The van der Waals surface area contributed by atoms with Crippen LogP contribution in [0.4, 0.5) is 0 Å². The number of aliphatic hydroxyl groups excluding tert-OH is 1. The van der Waals surface area contributed by atoms with Gasteiger partial charge in [0.1, 0.15) is 0 Å². The number of ether oxygens (including phenoxy) is 1. The first-order valence-electron chi connectivity index (χ1n) is 8.78. The van der Waals surface area contributed by atoms with Crippen LogP contribution in [0.5, 0.6) is 0 Å². The first-order valence-corrected chi connectivity index (χ1v) is 8.78. The molecule has 0 spiro atoms. The lowest BCUT2D eigenvalue weighted by molar-refractivity contribution is -0.0240.